The summed E-state index contributed by atoms with van der Waals surface area (Å²) >= 11 is 24.3. The van der Waals surface area contributed by atoms with Gasteiger partial charge in [0.25, 0.3) is 0 Å². The smallest absolute Gasteiger partial charge is 0.340 e. The Balaban J connectivity index is 2.71. The molecule has 1 aliphatic rings. The summed E-state index contributed by atoms with van der Waals surface area (Å²) in [5.41, 5.74) is -0.171. The fourth-order valence-corrected chi connectivity index (χ4v) is 2.86. The number of carbonyl (C=O) groups is 2. The number of hydrogen-bond acceptors (Lipinski definition) is 5. The molecule has 23 heavy (non-hydrogen) atoms. The summed E-state index contributed by atoms with van der Waals surface area (Å²) in [7, 11) is 0. The lowest BCUT2D eigenvalue weighted by Gasteiger charge is -2.16. The van der Waals surface area contributed by atoms with Gasteiger partial charge >= 0.3 is 11.9 Å². The first-order valence-electron chi connectivity index (χ1n) is 6.51. The van der Waals surface area contributed by atoms with Crippen LogP contribution < -0.4 is 0 Å². The van der Waals surface area contributed by atoms with Crippen molar-refractivity contribution in [1.82, 2.24) is 0 Å². The molecule has 0 spiro atoms. The minimum atomic E-state index is -0.779. The Morgan fingerprint density at radius 3 is 2.17 bits per heavy atom. The molecule has 1 atom stereocenters. The molecular formula is C14H11Cl4NO4. The van der Waals surface area contributed by atoms with Crippen molar-refractivity contribution in [3.8, 4) is 0 Å². The van der Waals surface area contributed by atoms with E-state index in [2.05, 4.69) is 4.99 Å². The third-order valence-electron chi connectivity index (χ3n) is 2.88. The van der Waals surface area contributed by atoms with Gasteiger partial charge in [0, 0.05) is 0 Å². The summed E-state index contributed by atoms with van der Waals surface area (Å²) in [6.45, 7) is 4.87. The number of rotatable bonds is 3. The highest BCUT2D eigenvalue weighted by atomic mass is 35.5. The lowest BCUT2D eigenvalue weighted by Crippen LogP contribution is -2.18. The molecule has 124 valence electrons. The third-order valence-corrected chi connectivity index (χ3v) is 4.68. The quantitative estimate of drug-likeness (QED) is 0.425. The van der Waals surface area contributed by atoms with Crippen LogP contribution >= 0.6 is 46.4 Å². The van der Waals surface area contributed by atoms with Gasteiger partial charge < -0.3 is 9.47 Å². The van der Waals surface area contributed by atoms with Crippen LogP contribution in [0.1, 0.15) is 36.7 Å². The second kappa shape index (κ2) is 6.85. The molecule has 1 unspecified atom stereocenters. The minimum absolute atomic E-state index is 0.0191. The van der Waals surface area contributed by atoms with Crippen molar-refractivity contribution in [2.45, 2.75) is 32.9 Å². The molecule has 0 fully saturated rings. The maximum Gasteiger partial charge on any atom is 0.340 e. The summed E-state index contributed by atoms with van der Waals surface area (Å²) in [4.78, 5) is 28.0. The van der Waals surface area contributed by atoms with Gasteiger partial charge in [-0.3, -0.25) is 0 Å². The second-order valence-electron chi connectivity index (χ2n) is 4.99. The number of hydrogen-bond donors (Lipinski definition) is 0. The van der Waals surface area contributed by atoms with E-state index in [1.165, 1.54) is 6.92 Å². The first-order valence-corrected chi connectivity index (χ1v) is 8.03. The molecule has 9 heteroatoms. The van der Waals surface area contributed by atoms with Crippen LogP contribution in [-0.4, -0.2) is 30.0 Å². The highest BCUT2D eigenvalue weighted by Gasteiger charge is 2.35. The van der Waals surface area contributed by atoms with Gasteiger partial charge in [-0.25, -0.2) is 14.6 Å². The van der Waals surface area contributed by atoms with Crippen LogP contribution in [0.5, 0.6) is 0 Å². The van der Waals surface area contributed by atoms with Crippen LogP contribution in [0.3, 0.4) is 0 Å². The Labute approximate surface area is 152 Å². The monoisotopic (exact) mass is 397 g/mol. The number of benzene rings is 1. The van der Waals surface area contributed by atoms with Crippen molar-refractivity contribution in [2.75, 3.05) is 0 Å². The van der Waals surface area contributed by atoms with Crippen molar-refractivity contribution in [3.05, 3.63) is 31.2 Å². The first-order chi connectivity index (χ1) is 10.6. The van der Waals surface area contributed by atoms with Gasteiger partial charge in [0.15, 0.2) is 0 Å². The van der Waals surface area contributed by atoms with Crippen LogP contribution in [0.25, 0.3) is 0 Å². The van der Waals surface area contributed by atoms with Crippen molar-refractivity contribution >= 4 is 64.2 Å². The maximum atomic E-state index is 12.4. The molecule has 0 bridgehead atoms. The normalized spacial score (nSPS) is 17.3. The predicted molar refractivity (Wildman–Crippen MR) is 89.1 cm³/mol. The fraction of sp³-hybridized carbons (Fsp3) is 0.357. The number of esters is 2. The Bertz CT molecular complexity index is 730. The lowest BCUT2D eigenvalue weighted by atomic mass is 10.1. The van der Waals surface area contributed by atoms with E-state index in [-0.39, 0.29) is 37.1 Å². The molecule has 0 aliphatic carbocycles. The van der Waals surface area contributed by atoms with Gasteiger partial charge in [-0.2, -0.15) is 0 Å². The Morgan fingerprint density at radius 1 is 1.13 bits per heavy atom. The van der Waals surface area contributed by atoms with E-state index in [9.17, 15) is 9.59 Å². The van der Waals surface area contributed by atoms with E-state index in [1.807, 2.05) is 0 Å². The average molecular weight is 399 g/mol. The van der Waals surface area contributed by atoms with Gasteiger partial charge in [0.2, 0.25) is 5.90 Å². The standard InChI is InChI=1S/C14H11Cl4NO4/c1-4(2)22-14(21)7-6(12-19-5(3)13(20)23-12)8(15)10(17)11(18)9(7)16/h4-5H,1-3H3. The van der Waals surface area contributed by atoms with Crippen molar-refractivity contribution in [2.24, 2.45) is 4.99 Å². The molecule has 1 aromatic rings. The largest absolute Gasteiger partial charge is 0.459 e. The van der Waals surface area contributed by atoms with E-state index in [1.54, 1.807) is 13.8 Å². The molecule has 5 nitrogen and oxygen atoms in total. The fourth-order valence-electron chi connectivity index (χ4n) is 1.85. The molecular weight excluding hydrogens is 388 g/mol. The number of ether oxygens (including phenoxy) is 2. The van der Waals surface area contributed by atoms with Crippen LogP contribution in [0.4, 0.5) is 0 Å². The molecule has 0 amide bonds. The number of carbonyl (C=O) groups excluding carboxylic acids is 2. The summed E-state index contributed by atoms with van der Waals surface area (Å²) in [5.74, 6) is -1.51. The highest BCUT2D eigenvalue weighted by Crippen LogP contribution is 2.42. The Hall–Kier alpha value is -1.01. The molecule has 0 saturated carbocycles. The van der Waals surface area contributed by atoms with E-state index >= 15 is 0 Å². The second-order valence-corrected chi connectivity index (χ2v) is 6.50. The van der Waals surface area contributed by atoms with Gasteiger partial charge in [0.1, 0.15) is 6.04 Å². The number of cyclic esters (lactones) is 1. The average Bonchev–Trinajstić information content (AvgIpc) is 2.78. The molecule has 1 heterocycles. The molecule has 1 aliphatic heterocycles. The number of aliphatic imine (C=N–C) groups is 1. The summed E-state index contributed by atoms with van der Waals surface area (Å²) < 4.78 is 10.2. The van der Waals surface area contributed by atoms with Crippen LogP contribution in [0.2, 0.25) is 20.1 Å². The molecule has 1 aromatic carbocycles. The predicted octanol–water partition coefficient (Wildman–Crippen LogP) is 4.56. The molecule has 0 aromatic heterocycles. The van der Waals surface area contributed by atoms with Crippen molar-refractivity contribution in [1.29, 1.82) is 0 Å². The molecule has 0 N–H and O–H groups in total. The Kier molecular flexibility index (Phi) is 5.46. The van der Waals surface area contributed by atoms with Gasteiger partial charge in [-0.1, -0.05) is 46.4 Å². The van der Waals surface area contributed by atoms with Crippen molar-refractivity contribution in [3.63, 3.8) is 0 Å². The van der Waals surface area contributed by atoms with E-state index in [4.69, 9.17) is 55.9 Å². The summed E-state index contributed by atoms with van der Waals surface area (Å²) in [6.07, 6.45) is -0.411. The summed E-state index contributed by atoms with van der Waals surface area (Å²) in [5, 5.41) is -0.430. The lowest BCUT2D eigenvalue weighted by molar-refractivity contribution is -0.134. The van der Waals surface area contributed by atoms with Gasteiger partial charge in [-0.05, 0) is 20.8 Å². The van der Waals surface area contributed by atoms with Gasteiger partial charge in [0.05, 0.1) is 37.3 Å². The zero-order valence-electron chi connectivity index (χ0n) is 12.2. The van der Waals surface area contributed by atoms with E-state index in [0.717, 1.165) is 0 Å². The third kappa shape index (κ3) is 3.43. The SMILES string of the molecule is CC(C)OC(=O)c1c(Cl)c(Cl)c(Cl)c(Cl)c1C1=NC(C)C(=O)O1. The zero-order valence-corrected chi connectivity index (χ0v) is 15.3. The topological polar surface area (TPSA) is 65.0 Å². The number of halogens is 4. The molecule has 2 rings (SSSR count). The first kappa shape index (κ1) is 18.3. The van der Waals surface area contributed by atoms with Crippen LogP contribution in [0, 0.1) is 0 Å². The van der Waals surface area contributed by atoms with Crippen molar-refractivity contribution < 1.29 is 19.1 Å². The molecule has 0 radical (unpaired) electrons. The van der Waals surface area contributed by atoms with E-state index in [0.29, 0.717) is 0 Å². The van der Waals surface area contributed by atoms with Crippen LogP contribution in [0.15, 0.2) is 4.99 Å². The van der Waals surface area contributed by atoms with Gasteiger partial charge in [-0.15, -0.1) is 0 Å². The highest BCUT2D eigenvalue weighted by molar-refractivity contribution is 6.54. The zero-order chi connectivity index (χ0) is 17.5. The van der Waals surface area contributed by atoms with E-state index < -0.39 is 24.1 Å². The summed E-state index contributed by atoms with van der Waals surface area (Å²) in [6, 6.07) is -0.733. The van der Waals surface area contributed by atoms with Crippen LogP contribution in [-0.2, 0) is 14.3 Å². The Morgan fingerprint density at radius 2 is 1.70 bits per heavy atom. The minimum Gasteiger partial charge on any atom is -0.459 e. The number of nitrogens with zero attached hydrogens (tertiary/aromatic N) is 1. The molecule has 0 saturated heterocycles. The maximum absolute atomic E-state index is 12.4.